The molecular formula is C11H18O4. The second-order valence-corrected chi connectivity index (χ2v) is 4.70. The molecule has 86 valence electrons. The van der Waals surface area contributed by atoms with Crippen molar-refractivity contribution in [1.82, 2.24) is 0 Å². The minimum absolute atomic E-state index is 0.310. The lowest BCUT2D eigenvalue weighted by molar-refractivity contribution is -0.156. The van der Waals surface area contributed by atoms with Gasteiger partial charge in [0.05, 0.1) is 11.3 Å². The van der Waals surface area contributed by atoms with Crippen LogP contribution < -0.4 is 0 Å². The summed E-state index contributed by atoms with van der Waals surface area (Å²) in [6, 6.07) is 0. The Morgan fingerprint density at radius 3 is 2.33 bits per heavy atom. The van der Waals surface area contributed by atoms with E-state index in [-0.39, 0.29) is 5.92 Å². The van der Waals surface area contributed by atoms with Crippen LogP contribution in [0.5, 0.6) is 0 Å². The molecule has 0 heterocycles. The molecule has 1 rings (SSSR count). The van der Waals surface area contributed by atoms with E-state index in [4.69, 9.17) is 5.11 Å². The molecule has 1 aliphatic carbocycles. The van der Waals surface area contributed by atoms with Crippen LogP contribution in [0.25, 0.3) is 0 Å². The van der Waals surface area contributed by atoms with Gasteiger partial charge in [0.2, 0.25) is 0 Å². The highest BCUT2D eigenvalue weighted by Crippen LogP contribution is 2.42. The van der Waals surface area contributed by atoms with E-state index >= 15 is 0 Å². The van der Waals surface area contributed by atoms with Gasteiger partial charge in [0.25, 0.3) is 0 Å². The van der Waals surface area contributed by atoms with E-state index in [9.17, 15) is 14.7 Å². The van der Waals surface area contributed by atoms with Crippen LogP contribution in [0, 0.1) is 17.3 Å². The van der Waals surface area contributed by atoms with E-state index in [1.807, 2.05) is 0 Å². The number of hydrogen-bond donors (Lipinski definition) is 2. The molecule has 1 fully saturated rings. The lowest BCUT2D eigenvalue weighted by Crippen LogP contribution is -2.39. The molecule has 1 aliphatic rings. The normalized spacial score (nSPS) is 36.9. The maximum absolute atomic E-state index is 11.2. The maximum Gasteiger partial charge on any atom is 0.309 e. The standard InChI is InChI=1S/C11H18O4/c1-7-8(9(12)13)5-3-4-6-11(7,2)10(14)15/h7-8H,3-6H2,1-2H3,(H,12,13)(H,14,15). The molecule has 15 heavy (non-hydrogen) atoms. The molecule has 0 aromatic carbocycles. The Kier molecular flexibility index (Phi) is 3.37. The molecule has 0 aromatic rings. The maximum atomic E-state index is 11.2. The zero-order chi connectivity index (χ0) is 11.6. The second-order valence-electron chi connectivity index (χ2n) is 4.70. The molecular weight excluding hydrogens is 196 g/mol. The molecule has 4 heteroatoms. The second kappa shape index (κ2) is 4.21. The van der Waals surface area contributed by atoms with Crippen LogP contribution in [-0.2, 0) is 9.59 Å². The average molecular weight is 214 g/mol. The zero-order valence-corrected chi connectivity index (χ0v) is 9.19. The first-order valence-electron chi connectivity index (χ1n) is 5.36. The topological polar surface area (TPSA) is 74.6 Å². The van der Waals surface area contributed by atoms with Gasteiger partial charge in [-0.3, -0.25) is 9.59 Å². The van der Waals surface area contributed by atoms with Crippen LogP contribution in [0.15, 0.2) is 0 Å². The van der Waals surface area contributed by atoms with E-state index in [2.05, 4.69) is 0 Å². The summed E-state index contributed by atoms with van der Waals surface area (Å²) < 4.78 is 0. The van der Waals surface area contributed by atoms with E-state index in [1.54, 1.807) is 13.8 Å². The van der Waals surface area contributed by atoms with Crippen molar-refractivity contribution < 1.29 is 19.8 Å². The van der Waals surface area contributed by atoms with Gasteiger partial charge in [-0.15, -0.1) is 0 Å². The Morgan fingerprint density at radius 2 is 1.87 bits per heavy atom. The predicted octanol–water partition coefficient (Wildman–Crippen LogP) is 1.99. The van der Waals surface area contributed by atoms with Crippen LogP contribution in [-0.4, -0.2) is 22.2 Å². The fourth-order valence-corrected chi connectivity index (χ4v) is 2.42. The zero-order valence-electron chi connectivity index (χ0n) is 9.19. The van der Waals surface area contributed by atoms with Gasteiger partial charge in [0, 0.05) is 0 Å². The first-order valence-corrected chi connectivity index (χ1v) is 5.36. The van der Waals surface area contributed by atoms with Crippen LogP contribution in [0.1, 0.15) is 39.5 Å². The highest BCUT2D eigenvalue weighted by Gasteiger charge is 2.45. The lowest BCUT2D eigenvalue weighted by atomic mass is 9.70. The number of aliphatic carboxylic acids is 2. The van der Waals surface area contributed by atoms with Gasteiger partial charge in [-0.2, -0.15) is 0 Å². The summed E-state index contributed by atoms with van der Waals surface area (Å²) in [5, 5.41) is 18.3. The highest BCUT2D eigenvalue weighted by molar-refractivity contribution is 5.77. The Bertz CT molecular complexity index is 274. The van der Waals surface area contributed by atoms with Crippen molar-refractivity contribution in [3.8, 4) is 0 Å². The molecule has 0 saturated heterocycles. The fourth-order valence-electron chi connectivity index (χ4n) is 2.42. The minimum Gasteiger partial charge on any atom is -0.481 e. The number of carboxylic acid groups (broad SMARTS) is 2. The molecule has 0 aromatic heterocycles. The van der Waals surface area contributed by atoms with Crippen molar-refractivity contribution >= 4 is 11.9 Å². The highest BCUT2D eigenvalue weighted by atomic mass is 16.4. The molecule has 4 nitrogen and oxygen atoms in total. The summed E-state index contributed by atoms with van der Waals surface area (Å²) in [6.45, 7) is 3.42. The van der Waals surface area contributed by atoms with Crippen molar-refractivity contribution in [3.63, 3.8) is 0 Å². The van der Waals surface area contributed by atoms with Crippen LogP contribution in [0.2, 0.25) is 0 Å². The van der Waals surface area contributed by atoms with Gasteiger partial charge in [-0.05, 0) is 25.7 Å². The Balaban J connectivity index is 2.98. The summed E-state index contributed by atoms with van der Waals surface area (Å²) >= 11 is 0. The van der Waals surface area contributed by atoms with E-state index in [0.717, 1.165) is 12.8 Å². The lowest BCUT2D eigenvalue weighted by Gasteiger charge is -2.32. The molecule has 0 amide bonds. The molecule has 3 atom stereocenters. The molecule has 0 aliphatic heterocycles. The number of hydrogen-bond acceptors (Lipinski definition) is 2. The quantitative estimate of drug-likeness (QED) is 0.689. The third kappa shape index (κ3) is 2.13. The van der Waals surface area contributed by atoms with Gasteiger partial charge in [-0.25, -0.2) is 0 Å². The fraction of sp³-hybridized carbons (Fsp3) is 0.818. The average Bonchev–Trinajstić information content (AvgIpc) is 2.28. The first-order chi connectivity index (χ1) is 6.89. The Hall–Kier alpha value is -1.06. The summed E-state index contributed by atoms with van der Waals surface area (Å²) in [7, 11) is 0. The number of carbonyl (C=O) groups is 2. The van der Waals surface area contributed by atoms with Gasteiger partial charge < -0.3 is 10.2 Å². The van der Waals surface area contributed by atoms with E-state index in [1.165, 1.54) is 0 Å². The monoisotopic (exact) mass is 214 g/mol. The smallest absolute Gasteiger partial charge is 0.309 e. The third-order valence-electron chi connectivity index (χ3n) is 3.88. The molecule has 0 radical (unpaired) electrons. The SMILES string of the molecule is CC1C(C(=O)O)CCCCC1(C)C(=O)O. The summed E-state index contributed by atoms with van der Waals surface area (Å²) in [5.74, 6) is -2.57. The van der Waals surface area contributed by atoms with Crippen LogP contribution in [0.4, 0.5) is 0 Å². The minimum atomic E-state index is -0.889. The first kappa shape index (κ1) is 12.0. The molecule has 0 bridgehead atoms. The summed E-state index contributed by atoms with van der Waals surface area (Å²) in [4.78, 5) is 22.2. The molecule has 1 saturated carbocycles. The van der Waals surface area contributed by atoms with Crippen molar-refractivity contribution in [2.45, 2.75) is 39.5 Å². The Morgan fingerprint density at radius 1 is 1.27 bits per heavy atom. The molecule has 3 unspecified atom stereocenters. The van der Waals surface area contributed by atoms with Crippen LogP contribution in [0.3, 0.4) is 0 Å². The van der Waals surface area contributed by atoms with Crippen molar-refractivity contribution in [3.05, 3.63) is 0 Å². The number of carboxylic acids is 2. The summed E-state index contributed by atoms with van der Waals surface area (Å²) in [5.41, 5.74) is -0.889. The van der Waals surface area contributed by atoms with Gasteiger partial charge >= 0.3 is 11.9 Å². The van der Waals surface area contributed by atoms with E-state index in [0.29, 0.717) is 12.8 Å². The van der Waals surface area contributed by atoms with Gasteiger partial charge in [0.1, 0.15) is 0 Å². The molecule has 2 N–H and O–H groups in total. The summed E-state index contributed by atoms with van der Waals surface area (Å²) in [6.07, 6.45) is 2.79. The van der Waals surface area contributed by atoms with Gasteiger partial charge in [0.15, 0.2) is 0 Å². The van der Waals surface area contributed by atoms with Crippen molar-refractivity contribution in [2.24, 2.45) is 17.3 Å². The third-order valence-corrected chi connectivity index (χ3v) is 3.88. The predicted molar refractivity (Wildman–Crippen MR) is 54.5 cm³/mol. The Labute approximate surface area is 89.3 Å². The number of rotatable bonds is 2. The van der Waals surface area contributed by atoms with E-state index < -0.39 is 23.3 Å². The van der Waals surface area contributed by atoms with Crippen molar-refractivity contribution in [2.75, 3.05) is 0 Å². The molecule has 0 spiro atoms. The van der Waals surface area contributed by atoms with Gasteiger partial charge in [-0.1, -0.05) is 19.8 Å². The van der Waals surface area contributed by atoms with Crippen LogP contribution >= 0.6 is 0 Å². The van der Waals surface area contributed by atoms with Crippen molar-refractivity contribution in [1.29, 1.82) is 0 Å². The largest absolute Gasteiger partial charge is 0.481 e.